The minimum absolute atomic E-state index is 0.601. The molecule has 1 heterocycles. The van der Waals surface area contributed by atoms with Crippen molar-refractivity contribution in [2.24, 2.45) is 0 Å². The highest BCUT2D eigenvalue weighted by molar-refractivity contribution is 9.10. The first-order valence-electron chi connectivity index (χ1n) is 5.26. The van der Waals surface area contributed by atoms with Crippen molar-refractivity contribution >= 4 is 33.2 Å². The molecule has 2 rings (SSSR count). The van der Waals surface area contributed by atoms with E-state index >= 15 is 0 Å². The topological polar surface area (TPSA) is 42.7 Å². The normalized spacial score (nSPS) is 10.5. The molecule has 0 spiro atoms. The molecule has 0 atom stereocenters. The zero-order valence-corrected chi connectivity index (χ0v) is 11.7. The summed E-state index contributed by atoms with van der Waals surface area (Å²) in [5.74, 6) is 0.892. The van der Waals surface area contributed by atoms with Crippen molar-refractivity contribution in [3.63, 3.8) is 0 Å². The van der Waals surface area contributed by atoms with E-state index in [1.54, 1.807) is 6.33 Å². The molecule has 0 radical (unpaired) electrons. The lowest BCUT2D eigenvalue weighted by atomic mass is 10.3. The molecule has 0 saturated heterocycles. The van der Waals surface area contributed by atoms with Crippen molar-refractivity contribution in [1.82, 2.24) is 14.8 Å². The second-order valence-corrected chi connectivity index (χ2v) is 4.79. The standard InChI is InChI=1S/C11H12BrClN4/c1-2-17-11(15-7-16-17)6-14-10-5-8(12)3-4-9(10)13/h3-5,7,14H,2,6H2,1H3. The van der Waals surface area contributed by atoms with Gasteiger partial charge in [-0.2, -0.15) is 5.10 Å². The van der Waals surface area contributed by atoms with Gasteiger partial charge in [0.05, 0.1) is 17.3 Å². The number of aryl methyl sites for hydroxylation is 1. The fourth-order valence-electron chi connectivity index (χ4n) is 1.50. The van der Waals surface area contributed by atoms with Crippen molar-refractivity contribution in [2.45, 2.75) is 20.0 Å². The quantitative estimate of drug-likeness (QED) is 0.941. The van der Waals surface area contributed by atoms with E-state index in [0.717, 1.165) is 22.5 Å². The third-order valence-electron chi connectivity index (χ3n) is 2.36. The Kier molecular flexibility index (Phi) is 4.02. The van der Waals surface area contributed by atoms with Crippen LogP contribution >= 0.6 is 27.5 Å². The molecule has 0 aliphatic carbocycles. The second-order valence-electron chi connectivity index (χ2n) is 3.47. The van der Waals surface area contributed by atoms with Crippen molar-refractivity contribution in [2.75, 3.05) is 5.32 Å². The predicted molar refractivity (Wildman–Crippen MR) is 72.2 cm³/mol. The number of nitrogens with one attached hydrogen (secondary N) is 1. The molecule has 0 bridgehead atoms. The number of benzene rings is 1. The molecule has 1 aromatic carbocycles. The monoisotopic (exact) mass is 314 g/mol. The van der Waals surface area contributed by atoms with Gasteiger partial charge in [-0.05, 0) is 25.1 Å². The smallest absolute Gasteiger partial charge is 0.146 e. The van der Waals surface area contributed by atoms with Crippen LogP contribution in [0.5, 0.6) is 0 Å². The molecule has 0 unspecified atom stereocenters. The van der Waals surface area contributed by atoms with Crippen LogP contribution in [-0.4, -0.2) is 14.8 Å². The number of aromatic nitrogens is 3. The minimum atomic E-state index is 0.601. The van der Waals surface area contributed by atoms with E-state index < -0.39 is 0 Å². The Hall–Kier alpha value is -1.07. The van der Waals surface area contributed by atoms with Gasteiger partial charge in [-0.3, -0.25) is 0 Å². The zero-order chi connectivity index (χ0) is 12.3. The van der Waals surface area contributed by atoms with Crippen LogP contribution in [0, 0.1) is 0 Å². The minimum Gasteiger partial charge on any atom is -0.377 e. The molecule has 1 N–H and O–H groups in total. The Balaban J connectivity index is 2.09. The van der Waals surface area contributed by atoms with Crippen LogP contribution in [0.25, 0.3) is 0 Å². The largest absolute Gasteiger partial charge is 0.377 e. The van der Waals surface area contributed by atoms with Gasteiger partial charge >= 0.3 is 0 Å². The Morgan fingerprint density at radius 2 is 2.29 bits per heavy atom. The lowest BCUT2D eigenvalue weighted by Gasteiger charge is -2.09. The fraction of sp³-hybridized carbons (Fsp3) is 0.273. The molecule has 17 heavy (non-hydrogen) atoms. The lowest BCUT2D eigenvalue weighted by Crippen LogP contribution is -2.09. The first-order chi connectivity index (χ1) is 8.20. The molecule has 2 aromatic rings. The summed E-state index contributed by atoms with van der Waals surface area (Å²) >= 11 is 9.50. The summed E-state index contributed by atoms with van der Waals surface area (Å²) in [5.41, 5.74) is 0.881. The second kappa shape index (κ2) is 5.51. The van der Waals surface area contributed by atoms with Crippen molar-refractivity contribution in [3.8, 4) is 0 Å². The average Bonchev–Trinajstić information content (AvgIpc) is 2.77. The Morgan fingerprint density at radius 3 is 3.06 bits per heavy atom. The van der Waals surface area contributed by atoms with E-state index in [2.05, 4.69) is 31.3 Å². The number of hydrogen-bond acceptors (Lipinski definition) is 3. The molecule has 0 saturated carbocycles. The molecular weight excluding hydrogens is 304 g/mol. The Morgan fingerprint density at radius 1 is 1.47 bits per heavy atom. The van der Waals surface area contributed by atoms with Gasteiger partial charge in [0.15, 0.2) is 0 Å². The molecule has 4 nitrogen and oxygen atoms in total. The van der Waals surface area contributed by atoms with Crippen LogP contribution in [-0.2, 0) is 13.1 Å². The molecule has 0 amide bonds. The van der Waals surface area contributed by atoms with E-state index in [0.29, 0.717) is 11.6 Å². The van der Waals surface area contributed by atoms with Gasteiger partial charge in [0.25, 0.3) is 0 Å². The van der Waals surface area contributed by atoms with Crippen LogP contribution in [0.1, 0.15) is 12.7 Å². The van der Waals surface area contributed by atoms with E-state index in [1.807, 2.05) is 29.8 Å². The molecule has 0 aliphatic rings. The maximum Gasteiger partial charge on any atom is 0.146 e. The summed E-state index contributed by atoms with van der Waals surface area (Å²) in [5, 5.41) is 8.05. The van der Waals surface area contributed by atoms with Crippen LogP contribution in [0.2, 0.25) is 5.02 Å². The number of halogens is 2. The van der Waals surface area contributed by atoms with Gasteiger partial charge in [0, 0.05) is 11.0 Å². The van der Waals surface area contributed by atoms with E-state index in [1.165, 1.54) is 0 Å². The highest BCUT2D eigenvalue weighted by Gasteiger charge is 2.04. The summed E-state index contributed by atoms with van der Waals surface area (Å²) in [4.78, 5) is 4.19. The van der Waals surface area contributed by atoms with Gasteiger partial charge in [-0.25, -0.2) is 9.67 Å². The van der Waals surface area contributed by atoms with E-state index in [4.69, 9.17) is 11.6 Å². The molecule has 0 aliphatic heterocycles. The first-order valence-corrected chi connectivity index (χ1v) is 6.43. The van der Waals surface area contributed by atoms with Crippen LogP contribution < -0.4 is 5.32 Å². The number of nitrogens with zero attached hydrogens (tertiary/aromatic N) is 3. The van der Waals surface area contributed by atoms with Gasteiger partial charge < -0.3 is 5.32 Å². The average molecular weight is 316 g/mol. The molecular formula is C11H12BrClN4. The molecule has 1 aromatic heterocycles. The van der Waals surface area contributed by atoms with Crippen molar-refractivity contribution in [1.29, 1.82) is 0 Å². The van der Waals surface area contributed by atoms with Gasteiger partial charge in [-0.1, -0.05) is 27.5 Å². The van der Waals surface area contributed by atoms with Gasteiger partial charge in [0.1, 0.15) is 12.2 Å². The highest BCUT2D eigenvalue weighted by atomic mass is 79.9. The van der Waals surface area contributed by atoms with Gasteiger partial charge in [0.2, 0.25) is 0 Å². The summed E-state index contributed by atoms with van der Waals surface area (Å²) in [7, 11) is 0. The third kappa shape index (κ3) is 2.98. The maximum atomic E-state index is 6.08. The first kappa shape index (κ1) is 12.4. The summed E-state index contributed by atoms with van der Waals surface area (Å²) in [6.45, 7) is 3.44. The third-order valence-corrected chi connectivity index (χ3v) is 3.18. The van der Waals surface area contributed by atoms with Crippen molar-refractivity contribution < 1.29 is 0 Å². The SMILES string of the molecule is CCn1ncnc1CNc1cc(Br)ccc1Cl. The predicted octanol–water partition coefficient (Wildman–Crippen LogP) is 3.33. The van der Waals surface area contributed by atoms with Crippen LogP contribution in [0.4, 0.5) is 5.69 Å². The zero-order valence-electron chi connectivity index (χ0n) is 9.32. The Bertz CT molecular complexity index is 512. The van der Waals surface area contributed by atoms with Gasteiger partial charge in [-0.15, -0.1) is 0 Å². The number of rotatable bonds is 4. The number of anilines is 1. The van der Waals surface area contributed by atoms with Crippen LogP contribution in [0.3, 0.4) is 0 Å². The number of hydrogen-bond donors (Lipinski definition) is 1. The highest BCUT2D eigenvalue weighted by Crippen LogP contribution is 2.25. The summed E-state index contributed by atoms with van der Waals surface area (Å²) in [6, 6.07) is 5.69. The molecule has 6 heteroatoms. The fourth-order valence-corrected chi connectivity index (χ4v) is 2.04. The van der Waals surface area contributed by atoms with E-state index in [-0.39, 0.29) is 0 Å². The Labute approximate surface area is 113 Å². The van der Waals surface area contributed by atoms with Crippen molar-refractivity contribution in [3.05, 3.63) is 39.8 Å². The summed E-state index contributed by atoms with van der Waals surface area (Å²) in [6.07, 6.45) is 1.56. The molecule has 90 valence electrons. The summed E-state index contributed by atoms with van der Waals surface area (Å²) < 4.78 is 2.83. The molecule has 0 fully saturated rings. The lowest BCUT2D eigenvalue weighted by molar-refractivity contribution is 0.622. The van der Waals surface area contributed by atoms with Crippen LogP contribution in [0.15, 0.2) is 29.0 Å². The van der Waals surface area contributed by atoms with E-state index in [9.17, 15) is 0 Å². The maximum absolute atomic E-state index is 6.08.